The molecule has 0 aliphatic heterocycles. The number of nitrogens with zero attached hydrogens (tertiary/aromatic N) is 4. The second-order valence-corrected chi connectivity index (χ2v) is 3.96. The van der Waals surface area contributed by atoms with Crippen molar-refractivity contribution >= 4 is 0 Å². The monoisotopic (exact) mass is 236 g/mol. The minimum atomic E-state index is -0.760. The summed E-state index contributed by atoms with van der Waals surface area (Å²) in [7, 11) is 1.93. The minimum Gasteiger partial charge on any atom is -0.394 e. The lowest BCUT2D eigenvalue weighted by Crippen LogP contribution is -2.21. The van der Waals surface area contributed by atoms with Gasteiger partial charge in [-0.3, -0.25) is 0 Å². The smallest absolute Gasteiger partial charge is 0.116 e. The van der Waals surface area contributed by atoms with Crippen LogP contribution in [-0.2, 0) is 20.0 Å². The van der Waals surface area contributed by atoms with Crippen LogP contribution in [0.1, 0.15) is 11.6 Å². The Labute approximate surface area is 99.2 Å². The Morgan fingerprint density at radius 1 is 1.24 bits per heavy atom. The molecular weight excluding hydrogens is 220 g/mol. The van der Waals surface area contributed by atoms with Gasteiger partial charge in [0.15, 0.2) is 0 Å². The zero-order valence-corrected chi connectivity index (χ0v) is 9.69. The molecular formula is C11H16N4O2. The Kier molecular flexibility index (Phi) is 3.55. The average molecular weight is 236 g/mol. The Hall–Kier alpha value is -1.66. The molecule has 0 radical (unpaired) electrons. The first-order valence-electron chi connectivity index (χ1n) is 5.46. The van der Waals surface area contributed by atoms with E-state index in [9.17, 15) is 5.11 Å². The van der Waals surface area contributed by atoms with E-state index in [0.29, 0.717) is 13.0 Å². The highest BCUT2D eigenvalue weighted by molar-refractivity contribution is 5.04. The largest absolute Gasteiger partial charge is 0.394 e. The lowest BCUT2D eigenvalue weighted by Gasteiger charge is -2.11. The van der Waals surface area contributed by atoms with E-state index < -0.39 is 6.10 Å². The van der Waals surface area contributed by atoms with Crippen LogP contribution in [0.3, 0.4) is 0 Å². The average Bonchev–Trinajstić information content (AvgIpc) is 2.90. The van der Waals surface area contributed by atoms with Crippen molar-refractivity contribution in [3.8, 4) is 0 Å². The normalized spacial score (nSPS) is 12.9. The van der Waals surface area contributed by atoms with Gasteiger partial charge in [-0.15, -0.1) is 0 Å². The lowest BCUT2D eigenvalue weighted by molar-refractivity contribution is 0.0805. The molecule has 92 valence electrons. The molecule has 2 aromatic rings. The van der Waals surface area contributed by atoms with Gasteiger partial charge in [-0.05, 0) is 0 Å². The summed E-state index contributed by atoms with van der Waals surface area (Å²) in [5.74, 6) is 1.74. The van der Waals surface area contributed by atoms with Crippen LogP contribution in [0.25, 0.3) is 0 Å². The van der Waals surface area contributed by atoms with Crippen LogP contribution < -0.4 is 0 Å². The zero-order valence-electron chi connectivity index (χ0n) is 9.69. The predicted octanol–water partition coefficient (Wildman–Crippen LogP) is -0.439. The third-order valence-corrected chi connectivity index (χ3v) is 2.66. The molecule has 0 saturated carbocycles. The van der Waals surface area contributed by atoms with E-state index in [0.717, 1.165) is 11.6 Å². The van der Waals surface area contributed by atoms with E-state index in [2.05, 4.69) is 9.97 Å². The Bertz CT molecular complexity index is 477. The maximum absolute atomic E-state index is 9.42. The standard InChI is InChI=1S/C11H16N4O2/c1-14-4-2-12-10(14)6-11-13-3-5-15(11)7-9(17)8-16/h2-5,9,16-17H,6-8H2,1H3. The summed E-state index contributed by atoms with van der Waals surface area (Å²) in [5, 5.41) is 18.2. The Morgan fingerprint density at radius 3 is 2.59 bits per heavy atom. The second kappa shape index (κ2) is 5.11. The molecule has 1 unspecified atom stereocenters. The van der Waals surface area contributed by atoms with E-state index in [-0.39, 0.29) is 6.61 Å². The summed E-state index contributed by atoms with van der Waals surface area (Å²) in [6, 6.07) is 0. The molecule has 2 N–H and O–H groups in total. The molecule has 0 saturated heterocycles. The van der Waals surface area contributed by atoms with Gasteiger partial charge in [0.25, 0.3) is 0 Å². The predicted molar refractivity (Wildman–Crippen MR) is 61.3 cm³/mol. The maximum Gasteiger partial charge on any atom is 0.116 e. The molecule has 0 spiro atoms. The molecule has 1 atom stereocenters. The number of hydrogen-bond acceptors (Lipinski definition) is 4. The van der Waals surface area contributed by atoms with Crippen LogP contribution in [0.2, 0.25) is 0 Å². The van der Waals surface area contributed by atoms with Crippen LogP contribution in [0.4, 0.5) is 0 Å². The summed E-state index contributed by atoms with van der Waals surface area (Å²) in [4.78, 5) is 8.47. The Morgan fingerprint density at radius 2 is 1.94 bits per heavy atom. The van der Waals surface area contributed by atoms with Crippen molar-refractivity contribution in [2.24, 2.45) is 7.05 Å². The van der Waals surface area contributed by atoms with E-state index in [1.165, 1.54) is 0 Å². The quantitative estimate of drug-likeness (QED) is 0.738. The van der Waals surface area contributed by atoms with E-state index >= 15 is 0 Å². The molecule has 2 aromatic heterocycles. The van der Waals surface area contributed by atoms with Gasteiger partial charge in [0.1, 0.15) is 11.6 Å². The van der Waals surface area contributed by atoms with Crippen molar-refractivity contribution in [3.05, 3.63) is 36.4 Å². The molecule has 6 nitrogen and oxygen atoms in total. The van der Waals surface area contributed by atoms with Gasteiger partial charge in [-0.2, -0.15) is 0 Å². The summed E-state index contributed by atoms with van der Waals surface area (Å²) < 4.78 is 3.76. The van der Waals surface area contributed by atoms with Gasteiger partial charge in [-0.1, -0.05) is 0 Å². The highest BCUT2D eigenvalue weighted by Gasteiger charge is 2.10. The van der Waals surface area contributed by atoms with Gasteiger partial charge >= 0.3 is 0 Å². The topological polar surface area (TPSA) is 76.1 Å². The number of aliphatic hydroxyl groups is 2. The first-order valence-corrected chi connectivity index (χ1v) is 5.46. The molecule has 0 aliphatic rings. The summed E-state index contributed by atoms with van der Waals surface area (Å²) in [5.41, 5.74) is 0. The number of rotatable bonds is 5. The molecule has 0 fully saturated rings. The summed E-state index contributed by atoms with van der Waals surface area (Å²) in [6.07, 6.45) is 6.94. The fourth-order valence-corrected chi connectivity index (χ4v) is 1.67. The van der Waals surface area contributed by atoms with Gasteiger partial charge in [0.2, 0.25) is 0 Å². The fraction of sp³-hybridized carbons (Fsp3) is 0.455. The Balaban J connectivity index is 2.11. The van der Waals surface area contributed by atoms with Crippen LogP contribution in [-0.4, -0.2) is 42.0 Å². The first-order chi connectivity index (χ1) is 8.20. The van der Waals surface area contributed by atoms with Crippen LogP contribution >= 0.6 is 0 Å². The molecule has 2 heterocycles. The van der Waals surface area contributed by atoms with Crippen LogP contribution in [0.15, 0.2) is 24.8 Å². The maximum atomic E-state index is 9.42. The van der Waals surface area contributed by atoms with Crippen molar-refractivity contribution in [1.82, 2.24) is 19.1 Å². The highest BCUT2D eigenvalue weighted by Crippen LogP contribution is 2.06. The number of aromatic nitrogens is 4. The fourth-order valence-electron chi connectivity index (χ4n) is 1.67. The van der Waals surface area contributed by atoms with Crippen molar-refractivity contribution in [2.75, 3.05) is 6.61 Å². The van der Waals surface area contributed by atoms with Crippen LogP contribution in [0.5, 0.6) is 0 Å². The van der Waals surface area contributed by atoms with E-state index in [4.69, 9.17) is 5.11 Å². The molecule has 0 aromatic carbocycles. The van der Waals surface area contributed by atoms with E-state index in [1.807, 2.05) is 22.4 Å². The van der Waals surface area contributed by atoms with Crippen molar-refractivity contribution in [2.45, 2.75) is 19.1 Å². The van der Waals surface area contributed by atoms with Crippen molar-refractivity contribution < 1.29 is 10.2 Å². The van der Waals surface area contributed by atoms with Gasteiger partial charge < -0.3 is 19.3 Å². The summed E-state index contributed by atoms with van der Waals surface area (Å²) >= 11 is 0. The molecule has 0 aliphatic carbocycles. The van der Waals surface area contributed by atoms with Gasteiger partial charge in [0.05, 0.1) is 25.7 Å². The third kappa shape index (κ3) is 2.72. The molecule has 6 heteroatoms. The highest BCUT2D eigenvalue weighted by atomic mass is 16.3. The van der Waals surface area contributed by atoms with Crippen molar-refractivity contribution in [1.29, 1.82) is 0 Å². The lowest BCUT2D eigenvalue weighted by atomic mass is 10.3. The second-order valence-electron chi connectivity index (χ2n) is 3.96. The molecule has 17 heavy (non-hydrogen) atoms. The van der Waals surface area contributed by atoms with E-state index in [1.54, 1.807) is 18.6 Å². The van der Waals surface area contributed by atoms with Gasteiger partial charge in [0, 0.05) is 31.8 Å². The van der Waals surface area contributed by atoms with Crippen molar-refractivity contribution in [3.63, 3.8) is 0 Å². The zero-order chi connectivity index (χ0) is 12.3. The molecule has 2 rings (SSSR count). The number of aliphatic hydroxyl groups excluding tert-OH is 2. The first kappa shape index (κ1) is 11.8. The molecule has 0 amide bonds. The third-order valence-electron chi connectivity index (χ3n) is 2.66. The number of aryl methyl sites for hydroxylation is 1. The summed E-state index contributed by atoms with van der Waals surface area (Å²) in [6.45, 7) is 0.0935. The number of imidazole rings is 2. The van der Waals surface area contributed by atoms with Gasteiger partial charge in [-0.25, -0.2) is 9.97 Å². The minimum absolute atomic E-state index is 0.250. The SMILES string of the molecule is Cn1ccnc1Cc1nccn1CC(O)CO. The molecule has 0 bridgehead atoms. The van der Waals surface area contributed by atoms with Crippen LogP contribution in [0, 0.1) is 0 Å². The number of hydrogen-bond donors (Lipinski definition) is 2.